The molecule has 0 aliphatic carbocycles. The summed E-state index contributed by atoms with van der Waals surface area (Å²) in [5, 5.41) is 13.1. The lowest BCUT2D eigenvalue weighted by Crippen LogP contribution is -2.35. The molecule has 1 aliphatic rings. The van der Waals surface area contributed by atoms with Crippen LogP contribution in [0.15, 0.2) is 17.1 Å². The van der Waals surface area contributed by atoms with E-state index in [9.17, 15) is 4.79 Å². The van der Waals surface area contributed by atoms with Gasteiger partial charge >= 0.3 is 0 Å². The van der Waals surface area contributed by atoms with E-state index in [1.807, 2.05) is 0 Å². The van der Waals surface area contributed by atoms with Crippen LogP contribution in [0.4, 0.5) is 5.95 Å². The van der Waals surface area contributed by atoms with Gasteiger partial charge in [-0.05, 0) is 25.2 Å². The van der Waals surface area contributed by atoms with E-state index in [4.69, 9.17) is 5.11 Å². The second-order valence-corrected chi connectivity index (χ2v) is 6.51. The van der Waals surface area contributed by atoms with Crippen LogP contribution in [0.1, 0.15) is 18.4 Å². The van der Waals surface area contributed by atoms with Crippen LogP contribution in [0.25, 0.3) is 11.0 Å². The Morgan fingerprint density at radius 1 is 1.48 bits per heavy atom. The third-order valence-corrected chi connectivity index (χ3v) is 4.98. The molecule has 1 saturated heterocycles. The molecule has 0 spiro atoms. The minimum absolute atomic E-state index is 0.0518. The number of fused-ring (bicyclic) bond motifs is 1. The number of anilines is 1. The molecule has 8 heteroatoms. The molecule has 0 radical (unpaired) electrons. The van der Waals surface area contributed by atoms with Crippen LogP contribution in [-0.2, 0) is 6.42 Å². The van der Waals surface area contributed by atoms with Gasteiger partial charge in [-0.25, -0.2) is 4.98 Å². The van der Waals surface area contributed by atoms with Crippen LogP contribution in [0.5, 0.6) is 0 Å². The van der Waals surface area contributed by atoms with Gasteiger partial charge in [-0.2, -0.15) is 4.98 Å². The fourth-order valence-corrected chi connectivity index (χ4v) is 3.35. The van der Waals surface area contributed by atoms with Gasteiger partial charge in [-0.1, -0.05) is 11.9 Å². The van der Waals surface area contributed by atoms with Crippen LogP contribution in [-0.4, -0.2) is 56.4 Å². The number of piperidine rings is 1. The Hall–Kier alpha value is -1.64. The van der Waals surface area contributed by atoms with Gasteiger partial charge in [0.25, 0.3) is 5.56 Å². The van der Waals surface area contributed by atoms with Crippen LogP contribution >= 0.6 is 11.9 Å². The summed E-state index contributed by atoms with van der Waals surface area (Å²) in [6.45, 7) is 2.05. The van der Waals surface area contributed by atoms with Crippen molar-refractivity contribution in [1.82, 2.24) is 19.3 Å². The average molecular weight is 335 g/mol. The van der Waals surface area contributed by atoms with Gasteiger partial charge in [-0.15, -0.1) is 0 Å². The topological polar surface area (TPSA) is 94.1 Å². The third-order valence-electron chi connectivity index (χ3n) is 4.10. The summed E-state index contributed by atoms with van der Waals surface area (Å²) in [5.74, 6) is 0.547. The minimum Gasteiger partial charge on any atom is -0.396 e. The van der Waals surface area contributed by atoms with E-state index in [-0.39, 0.29) is 12.2 Å². The fourth-order valence-electron chi connectivity index (χ4n) is 2.78. The number of aliphatic hydroxyl groups is 1. The summed E-state index contributed by atoms with van der Waals surface area (Å²) in [6, 6.07) is 2.10. The molecule has 0 amide bonds. The largest absolute Gasteiger partial charge is 0.396 e. The van der Waals surface area contributed by atoms with E-state index >= 15 is 0 Å². The van der Waals surface area contributed by atoms with E-state index in [2.05, 4.69) is 30.8 Å². The van der Waals surface area contributed by atoms with E-state index in [0.29, 0.717) is 29.6 Å². The molecule has 1 aliphatic heterocycles. The lowest BCUT2D eigenvalue weighted by atomic mass is 10.1. The van der Waals surface area contributed by atoms with Crippen LogP contribution in [0.3, 0.4) is 0 Å². The number of aliphatic hydroxyl groups excluding tert-OH is 1. The summed E-state index contributed by atoms with van der Waals surface area (Å²) in [6.07, 6.45) is 6.24. The molecule has 2 aromatic heterocycles. The second-order valence-electron chi connectivity index (χ2n) is 5.63. The second kappa shape index (κ2) is 7.29. The number of nitrogens with one attached hydrogen (secondary N) is 2. The number of aromatic nitrogens is 3. The maximum Gasteiger partial charge on any atom is 0.252 e. The number of pyridine rings is 1. The molecule has 0 bridgehead atoms. The zero-order valence-corrected chi connectivity index (χ0v) is 13.9. The van der Waals surface area contributed by atoms with E-state index < -0.39 is 0 Å². The van der Waals surface area contributed by atoms with Gasteiger partial charge in [0, 0.05) is 49.3 Å². The molecule has 7 nitrogen and oxygen atoms in total. The van der Waals surface area contributed by atoms with Crippen molar-refractivity contribution in [3.05, 3.63) is 28.2 Å². The number of hydrogen-bond donors (Lipinski definition) is 3. The molecule has 1 fully saturated rings. The monoisotopic (exact) mass is 335 g/mol. The predicted molar refractivity (Wildman–Crippen MR) is 92.7 cm³/mol. The Morgan fingerprint density at radius 2 is 2.26 bits per heavy atom. The molecule has 3 N–H and O–H groups in total. The van der Waals surface area contributed by atoms with Gasteiger partial charge in [-0.3, -0.25) is 9.10 Å². The molecular formula is C15H21N5O2S. The molecule has 0 unspecified atom stereocenters. The number of nitrogens with zero attached hydrogens (tertiary/aromatic N) is 3. The summed E-state index contributed by atoms with van der Waals surface area (Å²) in [5.41, 5.74) is 0.869. The van der Waals surface area contributed by atoms with Crippen LogP contribution in [0, 0.1) is 0 Å². The van der Waals surface area contributed by atoms with Gasteiger partial charge in [0.1, 0.15) is 5.65 Å². The molecule has 23 heavy (non-hydrogen) atoms. The Morgan fingerprint density at radius 3 is 2.96 bits per heavy atom. The Bertz CT molecular complexity index is 727. The molecule has 3 rings (SSSR count). The molecule has 2 aromatic rings. The lowest BCUT2D eigenvalue weighted by molar-refractivity contribution is 0.299. The minimum atomic E-state index is -0.204. The van der Waals surface area contributed by atoms with Crippen molar-refractivity contribution in [1.29, 1.82) is 0 Å². The zero-order chi connectivity index (χ0) is 16.2. The van der Waals surface area contributed by atoms with Crippen LogP contribution in [0.2, 0.25) is 0 Å². The van der Waals surface area contributed by atoms with Gasteiger partial charge in [0.2, 0.25) is 5.95 Å². The summed E-state index contributed by atoms with van der Waals surface area (Å²) < 4.78 is 2.35. The van der Waals surface area contributed by atoms with Crippen molar-refractivity contribution >= 4 is 28.9 Å². The quantitative estimate of drug-likeness (QED) is 0.702. The highest BCUT2D eigenvalue weighted by Crippen LogP contribution is 2.19. The first-order valence-corrected chi connectivity index (χ1v) is 8.93. The number of hydrogen-bond acceptors (Lipinski definition) is 7. The van der Waals surface area contributed by atoms with Crippen LogP contribution < -0.4 is 10.9 Å². The molecule has 0 aromatic carbocycles. The highest BCUT2D eigenvalue weighted by atomic mass is 32.2. The van der Waals surface area contributed by atoms with Crippen molar-refractivity contribution in [3.8, 4) is 0 Å². The molecule has 124 valence electrons. The zero-order valence-electron chi connectivity index (χ0n) is 13.1. The maximum atomic E-state index is 11.9. The fraction of sp³-hybridized carbons (Fsp3) is 0.533. The highest BCUT2D eigenvalue weighted by molar-refractivity contribution is 7.96. The highest BCUT2D eigenvalue weighted by Gasteiger charge is 2.19. The van der Waals surface area contributed by atoms with Crippen molar-refractivity contribution in [2.75, 3.05) is 31.3 Å². The molecule has 3 heterocycles. The summed E-state index contributed by atoms with van der Waals surface area (Å²) in [7, 11) is 0. The Labute approximate surface area is 138 Å². The summed E-state index contributed by atoms with van der Waals surface area (Å²) >= 11 is 1.78. The smallest absolute Gasteiger partial charge is 0.252 e. The van der Waals surface area contributed by atoms with Gasteiger partial charge in [0.15, 0.2) is 0 Å². The first-order valence-electron chi connectivity index (χ1n) is 7.75. The number of aromatic amines is 1. The van der Waals surface area contributed by atoms with Crippen molar-refractivity contribution in [3.63, 3.8) is 0 Å². The average Bonchev–Trinajstić information content (AvgIpc) is 2.57. The standard InChI is InChI=1S/C15H21N5O2S/c1-23-20-5-2-12(3-6-20)17-15-16-9-11-8-10(4-7-21)14(22)18-13(11)19-15/h8-9,12,21H,2-7H2,1H3,(H2,16,17,18,19,22). The van der Waals surface area contributed by atoms with Crippen molar-refractivity contribution in [2.45, 2.75) is 25.3 Å². The molecule has 0 atom stereocenters. The number of H-pyrrole nitrogens is 1. The molecular weight excluding hydrogens is 314 g/mol. The van der Waals surface area contributed by atoms with Gasteiger partial charge < -0.3 is 15.4 Å². The lowest BCUT2D eigenvalue weighted by Gasteiger charge is -2.30. The molecule has 0 saturated carbocycles. The Kier molecular flexibility index (Phi) is 5.14. The van der Waals surface area contributed by atoms with E-state index in [0.717, 1.165) is 31.3 Å². The predicted octanol–water partition coefficient (Wildman–Crippen LogP) is 1.01. The third kappa shape index (κ3) is 3.82. The maximum absolute atomic E-state index is 11.9. The van der Waals surface area contributed by atoms with Gasteiger partial charge in [0.05, 0.1) is 0 Å². The van der Waals surface area contributed by atoms with E-state index in [1.54, 1.807) is 24.2 Å². The van der Waals surface area contributed by atoms with Crippen molar-refractivity contribution < 1.29 is 5.11 Å². The number of rotatable bonds is 5. The summed E-state index contributed by atoms with van der Waals surface area (Å²) in [4.78, 5) is 23.5. The normalized spacial score (nSPS) is 16.8. The van der Waals surface area contributed by atoms with Crippen molar-refractivity contribution in [2.24, 2.45) is 0 Å². The Balaban J connectivity index is 1.75. The SMILES string of the molecule is CSN1CCC(Nc2ncc3cc(CCO)c(=O)[nH]c3n2)CC1. The first kappa shape index (κ1) is 16.2. The van der Waals surface area contributed by atoms with E-state index in [1.165, 1.54) is 0 Å². The first-order chi connectivity index (χ1) is 11.2.